The first kappa shape index (κ1) is 11.5. The number of fused-ring (bicyclic) bond motifs is 1. The Balaban J connectivity index is 1.97. The molecule has 0 amide bonds. The van der Waals surface area contributed by atoms with E-state index in [1.54, 1.807) is 4.57 Å². The summed E-state index contributed by atoms with van der Waals surface area (Å²) in [7, 11) is 0. The Labute approximate surface area is 106 Å². The van der Waals surface area contributed by atoms with Crippen molar-refractivity contribution in [3.63, 3.8) is 0 Å². The van der Waals surface area contributed by atoms with Gasteiger partial charge in [-0.1, -0.05) is 6.07 Å². The minimum Gasteiger partial charge on any atom is -0.408 e. The summed E-state index contributed by atoms with van der Waals surface area (Å²) in [6.45, 7) is 4.87. The Morgan fingerprint density at radius 3 is 3.17 bits per heavy atom. The Kier molecular flexibility index (Phi) is 2.96. The largest absolute Gasteiger partial charge is 0.419 e. The van der Waals surface area contributed by atoms with E-state index < -0.39 is 0 Å². The number of hydrogen-bond donors (Lipinski definition) is 1. The van der Waals surface area contributed by atoms with Gasteiger partial charge in [0.05, 0.1) is 5.52 Å². The van der Waals surface area contributed by atoms with Crippen molar-refractivity contribution in [1.29, 1.82) is 0 Å². The monoisotopic (exact) mass is 246 g/mol. The van der Waals surface area contributed by atoms with Crippen LogP contribution < -0.4 is 11.1 Å². The van der Waals surface area contributed by atoms with Crippen molar-refractivity contribution in [2.45, 2.75) is 26.3 Å². The van der Waals surface area contributed by atoms with Gasteiger partial charge in [0.2, 0.25) is 0 Å². The molecule has 4 nitrogen and oxygen atoms in total. The number of rotatable bonds is 2. The lowest BCUT2D eigenvalue weighted by molar-refractivity contribution is 0.329. The van der Waals surface area contributed by atoms with Gasteiger partial charge in [-0.2, -0.15) is 0 Å². The Morgan fingerprint density at radius 2 is 2.39 bits per heavy atom. The lowest BCUT2D eigenvalue weighted by atomic mass is 9.99. The highest BCUT2D eigenvalue weighted by Crippen LogP contribution is 2.18. The molecule has 1 N–H and O–H groups in total. The van der Waals surface area contributed by atoms with Crippen molar-refractivity contribution in [3.8, 4) is 0 Å². The quantitative estimate of drug-likeness (QED) is 0.880. The smallest absolute Gasteiger partial charge is 0.408 e. The van der Waals surface area contributed by atoms with Crippen LogP contribution in [0.4, 0.5) is 0 Å². The average Bonchev–Trinajstić information content (AvgIpc) is 2.67. The highest BCUT2D eigenvalue weighted by atomic mass is 16.4. The Hall–Kier alpha value is -1.55. The van der Waals surface area contributed by atoms with E-state index in [2.05, 4.69) is 5.32 Å². The van der Waals surface area contributed by atoms with Gasteiger partial charge in [0.25, 0.3) is 0 Å². The van der Waals surface area contributed by atoms with E-state index in [9.17, 15) is 4.79 Å². The van der Waals surface area contributed by atoms with Gasteiger partial charge in [0.1, 0.15) is 0 Å². The fourth-order valence-electron chi connectivity index (χ4n) is 2.68. The fourth-order valence-corrected chi connectivity index (χ4v) is 2.68. The second-order valence-corrected chi connectivity index (χ2v) is 5.16. The van der Waals surface area contributed by atoms with Crippen molar-refractivity contribution < 1.29 is 4.42 Å². The molecule has 0 bridgehead atoms. The SMILES string of the molecule is Cc1ccc2oc(=O)n(CC3CCCNC3)c2c1. The van der Waals surface area contributed by atoms with Gasteiger partial charge in [-0.15, -0.1) is 0 Å². The maximum Gasteiger partial charge on any atom is 0.419 e. The average molecular weight is 246 g/mol. The van der Waals surface area contributed by atoms with E-state index in [-0.39, 0.29) is 5.76 Å². The van der Waals surface area contributed by atoms with Gasteiger partial charge < -0.3 is 9.73 Å². The summed E-state index contributed by atoms with van der Waals surface area (Å²) in [6.07, 6.45) is 2.37. The first-order valence-corrected chi connectivity index (χ1v) is 6.55. The van der Waals surface area contributed by atoms with E-state index in [4.69, 9.17) is 4.42 Å². The zero-order valence-corrected chi connectivity index (χ0v) is 10.6. The molecule has 0 spiro atoms. The number of piperidine rings is 1. The van der Waals surface area contributed by atoms with E-state index in [0.29, 0.717) is 11.5 Å². The molecule has 1 fully saturated rings. The number of hydrogen-bond acceptors (Lipinski definition) is 3. The van der Waals surface area contributed by atoms with Gasteiger partial charge in [0, 0.05) is 6.54 Å². The highest BCUT2D eigenvalue weighted by molar-refractivity contribution is 5.73. The number of benzene rings is 1. The van der Waals surface area contributed by atoms with Crippen LogP contribution in [0, 0.1) is 12.8 Å². The van der Waals surface area contributed by atoms with Gasteiger partial charge in [-0.25, -0.2) is 4.79 Å². The lowest BCUT2D eigenvalue weighted by Gasteiger charge is -2.22. The van der Waals surface area contributed by atoms with Crippen molar-refractivity contribution in [2.75, 3.05) is 13.1 Å². The summed E-state index contributed by atoms with van der Waals surface area (Å²) in [4.78, 5) is 11.9. The van der Waals surface area contributed by atoms with Crippen LogP contribution in [0.15, 0.2) is 27.4 Å². The number of aryl methyl sites for hydroxylation is 1. The van der Waals surface area contributed by atoms with Crippen LogP contribution >= 0.6 is 0 Å². The first-order chi connectivity index (χ1) is 8.74. The third-order valence-electron chi connectivity index (χ3n) is 3.66. The molecule has 1 atom stereocenters. The second-order valence-electron chi connectivity index (χ2n) is 5.16. The zero-order valence-electron chi connectivity index (χ0n) is 10.6. The molecule has 1 aromatic carbocycles. The molecule has 96 valence electrons. The van der Waals surface area contributed by atoms with Gasteiger partial charge in [0.15, 0.2) is 5.58 Å². The number of aromatic nitrogens is 1. The Morgan fingerprint density at radius 1 is 1.50 bits per heavy atom. The fraction of sp³-hybridized carbons (Fsp3) is 0.500. The number of nitrogens with one attached hydrogen (secondary N) is 1. The predicted octanol–water partition coefficient (Wildman–Crippen LogP) is 1.90. The summed E-state index contributed by atoms with van der Waals surface area (Å²) in [5, 5.41) is 3.38. The summed E-state index contributed by atoms with van der Waals surface area (Å²) in [5.41, 5.74) is 2.76. The maximum atomic E-state index is 11.9. The minimum atomic E-state index is -0.235. The third kappa shape index (κ3) is 2.08. The van der Waals surface area contributed by atoms with E-state index in [1.165, 1.54) is 12.8 Å². The molecule has 1 saturated heterocycles. The van der Waals surface area contributed by atoms with Crippen molar-refractivity contribution in [1.82, 2.24) is 9.88 Å². The lowest BCUT2D eigenvalue weighted by Crippen LogP contribution is -2.33. The topological polar surface area (TPSA) is 47.2 Å². The predicted molar refractivity (Wildman–Crippen MR) is 70.8 cm³/mol. The molecule has 0 aliphatic carbocycles. The zero-order chi connectivity index (χ0) is 12.5. The van der Waals surface area contributed by atoms with Gasteiger partial charge in [-0.05, 0) is 56.5 Å². The van der Waals surface area contributed by atoms with Crippen LogP contribution in [-0.4, -0.2) is 17.7 Å². The summed E-state index contributed by atoms with van der Waals surface area (Å²) < 4.78 is 7.06. The molecule has 1 aliphatic rings. The minimum absolute atomic E-state index is 0.235. The van der Waals surface area contributed by atoms with Crippen molar-refractivity contribution in [3.05, 3.63) is 34.3 Å². The van der Waals surface area contributed by atoms with Crippen LogP contribution in [0.5, 0.6) is 0 Å². The van der Waals surface area contributed by atoms with Crippen LogP contribution in [0.1, 0.15) is 18.4 Å². The molecule has 2 aromatic rings. The van der Waals surface area contributed by atoms with Crippen molar-refractivity contribution in [2.24, 2.45) is 5.92 Å². The standard InChI is InChI=1S/C14H18N2O2/c1-10-4-5-13-12(7-10)16(14(17)18-13)9-11-3-2-6-15-8-11/h4-5,7,11,15H,2-3,6,8-9H2,1H3. The van der Waals surface area contributed by atoms with Crippen LogP contribution in [-0.2, 0) is 6.54 Å². The number of oxazole rings is 1. The van der Waals surface area contributed by atoms with Crippen LogP contribution in [0.25, 0.3) is 11.1 Å². The molecule has 1 aliphatic heterocycles. The molecule has 2 heterocycles. The highest BCUT2D eigenvalue weighted by Gasteiger charge is 2.17. The van der Waals surface area contributed by atoms with Crippen molar-refractivity contribution >= 4 is 11.1 Å². The number of nitrogens with zero attached hydrogens (tertiary/aromatic N) is 1. The molecular formula is C14H18N2O2. The summed E-state index contributed by atoms with van der Waals surface area (Å²) >= 11 is 0. The van der Waals surface area contributed by atoms with E-state index in [1.807, 2.05) is 25.1 Å². The van der Waals surface area contributed by atoms with Crippen LogP contribution in [0.2, 0.25) is 0 Å². The third-order valence-corrected chi connectivity index (χ3v) is 3.66. The van der Waals surface area contributed by atoms with Gasteiger partial charge in [-0.3, -0.25) is 4.57 Å². The van der Waals surface area contributed by atoms with E-state index in [0.717, 1.165) is 30.7 Å². The summed E-state index contributed by atoms with van der Waals surface area (Å²) in [6, 6.07) is 5.87. The molecule has 0 radical (unpaired) electrons. The van der Waals surface area contributed by atoms with Crippen LogP contribution in [0.3, 0.4) is 0 Å². The van der Waals surface area contributed by atoms with E-state index >= 15 is 0 Å². The molecule has 4 heteroatoms. The first-order valence-electron chi connectivity index (χ1n) is 6.55. The molecule has 3 rings (SSSR count). The molecule has 1 unspecified atom stereocenters. The second kappa shape index (κ2) is 4.61. The molecule has 1 aromatic heterocycles. The molecular weight excluding hydrogens is 228 g/mol. The maximum absolute atomic E-state index is 11.9. The Bertz CT molecular complexity index is 606. The molecule has 18 heavy (non-hydrogen) atoms. The summed E-state index contributed by atoms with van der Waals surface area (Å²) in [5.74, 6) is 0.291. The molecule has 0 saturated carbocycles. The van der Waals surface area contributed by atoms with Gasteiger partial charge >= 0.3 is 5.76 Å². The normalized spacial score (nSPS) is 20.4.